The monoisotopic (exact) mass is 264 g/mol. The van der Waals surface area contributed by atoms with Gasteiger partial charge >= 0.3 is 0 Å². The lowest BCUT2D eigenvalue weighted by atomic mass is 9.99. The summed E-state index contributed by atoms with van der Waals surface area (Å²) < 4.78 is 0. The summed E-state index contributed by atoms with van der Waals surface area (Å²) in [6.07, 6.45) is 5.09. The third kappa shape index (κ3) is 4.69. The molecule has 1 aromatic rings. The van der Waals surface area contributed by atoms with Crippen LogP contribution in [0.5, 0.6) is 0 Å². The van der Waals surface area contributed by atoms with Gasteiger partial charge in [-0.05, 0) is 26.2 Å². The summed E-state index contributed by atoms with van der Waals surface area (Å²) in [7, 11) is 1.90. The lowest BCUT2D eigenvalue weighted by molar-refractivity contribution is 0.472. The summed E-state index contributed by atoms with van der Waals surface area (Å²) in [4.78, 5) is 8.89. The van der Waals surface area contributed by atoms with E-state index in [4.69, 9.17) is 0 Å². The molecule has 0 aliphatic carbocycles. The molecule has 4 nitrogen and oxygen atoms in total. The fourth-order valence-electron chi connectivity index (χ4n) is 2.23. The molecular formula is C15H28N4. The van der Waals surface area contributed by atoms with Gasteiger partial charge in [0.1, 0.15) is 17.5 Å². The van der Waals surface area contributed by atoms with Crippen LogP contribution < -0.4 is 10.6 Å². The number of hydrogen-bond acceptors (Lipinski definition) is 4. The molecule has 0 aliphatic heterocycles. The zero-order chi connectivity index (χ0) is 14.3. The Balaban J connectivity index is 2.68. The highest BCUT2D eigenvalue weighted by Crippen LogP contribution is 2.20. The van der Waals surface area contributed by atoms with Crippen LogP contribution in [0.1, 0.15) is 50.9 Å². The van der Waals surface area contributed by atoms with Gasteiger partial charge < -0.3 is 10.6 Å². The third-order valence-corrected chi connectivity index (χ3v) is 3.60. The SMILES string of the molecule is CCCCC(CC)CNc1nc(C)nc(NC)c1C. The molecule has 0 bridgehead atoms. The van der Waals surface area contributed by atoms with Crippen molar-refractivity contribution in [3.63, 3.8) is 0 Å². The predicted molar refractivity (Wildman–Crippen MR) is 82.8 cm³/mol. The van der Waals surface area contributed by atoms with Crippen LogP contribution in [0.3, 0.4) is 0 Å². The lowest BCUT2D eigenvalue weighted by Crippen LogP contribution is -2.16. The average molecular weight is 264 g/mol. The number of hydrogen-bond donors (Lipinski definition) is 2. The number of nitrogens with zero attached hydrogens (tertiary/aromatic N) is 2. The third-order valence-electron chi connectivity index (χ3n) is 3.60. The first-order valence-electron chi connectivity index (χ1n) is 7.39. The number of unbranched alkanes of at least 4 members (excludes halogenated alkanes) is 1. The van der Waals surface area contributed by atoms with E-state index in [9.17, 15) is 0 Å². The van der Waals surface area contributed by atoms with Gasteiger partial charge in [0, 0.05) is 19.2 Å². The van der Waals surface area contributed by atoms with Gasteiger partial charge in [-0.1, -0.05) is 33.1 Å². The fraction of sp³-hybridized carbons (Fsp3) is 0.733. The Morgan fingerprint density at radius 2 is 1.79 bits per heavy atom. The van der Waals surface area contributed by atoms with E-state index in [-0.39, 0.29) is 0 Å². The van der Waals surface area contributed by atoms with Crippen LogP contribution in [0.4, 0.5) is 11.6 Å². The van der Waals surface area contributed by atoms with Crippen molar-refractivity contribution in [1.29, 1.82) is 0 Å². The van der Waals surface area contributed by atoms with Crippen molar-refractivity contribution in [3.05, 3.63) is 11.4 Å². The van der Waals surface area contributed by atoms with Crippen LogP contribution >= 0.6 is 0 Å². The number of rotatable bonds is 8. The molecule has 0 amide bonds. The molecule has 0 saturated heterocycles. The standard InChI is InChI=1S/C15H28N4/c1-6-8-9-13(7-2)10-17-15-11(3)14(16-5)18-12(4)19-15/h13H,6-10H2,1-5H3,(H2,16,17,18,19). The van der Waals surface area contributed by atoms with Crippen LogP contribution in [-0.2, 0) is 0 Å². The highest BCUT2D eigenvalue weighted by atomic mass is 15.1. The molecule has 0 spiro atoms. The molecule has 0 aliphatic rings. The van der Waals surface area contributed by atoms with E-state index in [0.29, 0.717) is 0 Å². The Morgan fingerprint density at radius 1 is 1.11 bits per heavy atom. The zero-order valence-corrected chi connectivity index (χ0v) is 13.0. The zero-order valence-electron chi connectivity index (χ0n) is 13.0. The second-order valence-corrected chi connectivity index (χ2v) is 5.14. The van der Waals surface area contributed by atoms with Gasteiger partial charge in [-0.15, -0.1) is 0 Å². The van der Waals surface area contributed by atoms with E-state index in [2.05, 4.69) is 41.4 Å². The smallest absolute Gasteiger partial charge is 0.134 e. The summed E-state index contributed by atoms with van der Waals surface area (Å²) in [6.45, 7) is 9.49. The number of aromatic nitrogens is 2. The molecule has 0 fully saturated rings. The van der Waals surface area contributed by atoms with Crippen LogP contribution in [-0.4, -0.2) is 23.6 Å². The second-order valence-electron chi connectivity index (χ2n) is 5.14. The molecule has 1 rings (SSSR count). The van der Waals surface area contributed by atoms with E-state index in [0.717, 1.165) is 35.5 Å². The Kier molecular flexibility index (Phi) is 6.60. The highest BCUT2D eigenvalue weighted by molar-refractivity contribution is 5.56. The maximum Gasteiger partial charge on any atom is 0.134 e. The van der Waals surface area contributed by atoms with E-state index in [1.54, 1.807) is 0 Å². The quantitative estimate of drug-likeness (QED) is 0.750. The highest BCUT2D eigenvalue weighted by Gasteiger charge is 2.10. The maximum atomic E-state index is 4.51. The number of aryl methyl sites for hydroxylation is 1. The summed E-state index contributed by atoms with van der Waals surface area (Å²) >= 11 is 0. The van der Waals surface area contributed by atoms with Gasteiger partial charge in [-0.3, -0.25) is 0 Å². The predicted octanol–water partition coefficient (Wildman–Crippen LogP) is 3.76. The summed E-state index contributed by atoms with van der Waals surface area (Å²) in [5.74, 6) is 3.41. The van der Waals surface area contributed by atoms with Crippen LogP contribution in [0.15, 0.2) is 0 Å². The topological polar surface area (TPSA) is 49.8 Å². The van der Waals surface area contributed by atoms with Crippen LogP contribution in [0.2, 0.25) is 0 Å². The first-order valence-corrected chi connectivity index (χ1v) is 7.39. The molecule has 1 heterocycles. The minimum Gasteiger partial charge on any atom is -0.373 e. The van der Waals surface area contributed by atoms with Gasteiger partial charge in [0.15, 0.2) is 0 Å². The fourth-order valence-corrected chi connectivity index (χ4v) is 2.23. The van der Waals surface area contributed by atoms with Gasteiger partial charge in [0.05, 0.1) is 0 Å². The molecule has 4 heteroatoms. The largest absolute Gasteiger partial charge is 0.373 e. The van der Waals surface area contributed by atoms with Gasteiger partial charge in [0.2, 0.25) is 0 Å². The normalized spacial score (nSPS) is 12.3. The van der Waals surface area contributed by atoms with Crippen molar-refractivity contribution < 1.29 is 0 Å². The van der Waals surface area contributed by atoms with Crippen molar-refractivity contribution in [2.45, 2.75) is 53.4 Å². The summed E-state index contributed by atoms with van der Waals surface area (Å²) in [5, 5.41) is 6.62. The molecule has 1 aromatic heterocycles. The minimum atomic E-state index is 0.729. The number of nitrogens with one attached hydrogen (secondary N) is 2. The van der Waals surface area contributed by atoms with E-state index in [1.165, 1.54) is 25.7 Å². The molecular weight excluding hydrogens is 236 g/mol. The summed E-state index contributed by atoms with van der Waals surface area (Å²) in [6, 6.07) is 0. The molecule has 0 aromatic carbocycles. The summed E-state index contributed by atoms with van der Waals surface area (Å²) in [5.41, 5.74) is 1.10. The van der Waals surface area contributed by atoms with Gasteiger partial charge in [-0.25, -0.2) is 9.97 Å². The molecule has 19 heavy (non-hydrogen) atoms. The van der Waals surface area contributed by atoms with Crippen molar-refractivity contribution in [1.82, 2.24) is 9.97 Å². The minimum absolute atomic E-state index is 0.729. The van der Waals surface area contributed by atoms with Crippen molar-refractivity contribution >= 4 is 11.6 Å². The van der Waals surface area contributed by atoms with Crippen molar-refractivity contribution in [3.8, 4) is 0 Å². The van der Waals surface area contributed by atoms with Crippen molar-refractivity contribution in [2.75, 3.05) is 24.2 Å². The second kappa shape index (κ2) is 7.97. The Morgan fingerprint density at radius 3 is 2.37 bits per heavy atom. The Hall–Kier alpha value is -1.32. The molecule has 2 N–H and O–H groups in total. The molecule has 0 saturated carbocycles. The lowest BCUT2D eigenvalue weighted by Gasteiger charge is -2.18. The Bertz CT molecular complexity index is 390. The molecule has 1 unspecified atom stereocenters. The molecule has 0 radical (unpaired) electrons. The van der Waals surface area contributed by atoms with Crippen molar-refractivity contribution in [2.24, 2.45) is 5.92 Å². The maximum absolute atomic E-state index is 4.51. The first-order chi connectivity index (χ1) is 9.12. The first kappa shape index (κ1) is 15.7. The van der Waals surface area contributed by atoms with Crippen LogP contribution in [0, 0.1) is 19.8 Å². The molecule has 1 atom stereocenters. The van der Waals surface area contributed by atoms with Crippen LogP contribution in [0.25, 0.3) is 0 Å². The Labute approximate surface area is 117 Å². The van der Waals surface area contributed by atoms with E-state index >= 15 is 0 Å². The van der Waals surface area contributed by atoms with E-state index in [1.807, 2.05) is 14.0 Å². The average Bonchev–Trinajstić information content (AvgIpc) is 2.42. The van der Waals surface area contributed by atoms with E-state index < -0.39 is 0 Å². The number of anilines is 2. The molecule has 108 valence electrons. The van der Waals surface area contributed by atoms with Gasteiger partial charge in [-0.2, -0.15) is 0 Å². The van der Waals surface area contributed by atoms with Gasteiger partial charge in [0.25, 0.3) is 0 Å².